The summed E-state index contributed by atoms with van der Waals surface area (Å²) in [7, 11) is 0. The molecule has 5 heterocycles. The van der Waals surface area contributed by atoms with Gasteiger partial charge in [-0.2, -0.15) is 5.10 Å². The highest BCUT2D eigenvalue weighted by Gasteiger charge is 2.46. The number of fused-ring (bicyclic) bond motifs is 10. The molecule has 7 nitrogen and oxygen atoms in total. The summed E-state index contributed by atoms with van der Waals surface area (Å²) >= 11 is 0. The predicted octanol–water partition coefficient (Wildman–Crippen LogP) is 6.59. The predicted molar refractivity (Wildman–Crippen MR) is 146 cm³/mol. The molecule has 37 heavy (non-hydrogen) atoms. The molecule has 0 aromatic carbocycles. The Morgan fingerprint density at radius 3 is 1.73 bits per heavy atom. The maximum absolute atomic E-state index is 7.94. The Bertz CT molecular complexity index is 1550. The molecule has 5 rings (SSSR count). The van der Waals surface area contributed by atoms with Crippen molar-refractivity contribution in [3.8, 4) is 11.6 Å². The second kappa shape index (κ2) is 7.85. The first kappa shape index (κ1) is 24.9. The number of rotatable bonds is 0. The van der Waals surface area contributed by atoms with Gasteiger partial charge in [0, 0.05) is 39.8 Å². The molecule has 7 heteroatoms. The summed E-state index contributed by atoms with van der Waals surface area (Å²) in [6, 6.07) is 12.0. The summed E-state index contributed by atoms with van der Waals surface area (Å²) in [5, 5.41) is 9.82. The van der Waals surface area contributed by atoms with Gasteiger partial charge >= 0.3 is 0 Å². The van der Waals surface area contributed by atoms with E-state index in [2.05, 4.69) is 73.4 Å². The Labute approximate surface area is 219 Å². The molecule has 4 aromatic rings. The van der Waals surface area contributed by atoms with Crippen molar-refractivity contribution in [2.75, 3.05) is 0 Å². The highest BCUT2D eigenvalue weighted by atomic mass is 15.3. The SMILES string of the molecule is [C-]#[N+]c1nn2cc1C(C)(C)C(C)(C)c1cn(nc1C(C)(C)C)-c1cccc(n1)C(C)(C)c1cccc-2n1. The zero-order valence-corrected chi connectivity index (χ0v) is 23.2. The molecule has 0 radical (unpaired) electrons. The highest BCUT2D eigenvalue weighted by Crippen LogP contribution is 2.49. The second-order valence-corrected chi connectivity index (χ2v) is 12.6. The third-order valence-corrected chi connectivity index (χ3v) is 8.35. The van der Waals surface area contributed by atoms with Crippen LogP contribution in [0.2, 0.25) is 0 Å². The molecule has 8 bridgehead atoms. The smallest absolute Gasteiger partial charge is 0.299 e. The molecule has 0 saturated heterocycles. The van der Waals surface area contributed by atoms with Crippen molar-refractivity contribution in [2.24, 2.45) is 0 Å². The number of aromatic nitrogens is 6. The number of pyridine rings is 2. The van der Waals surface area contributed by atoms with Crippen LogP contribution in [0.4, 0.5) is 5.82 Å². The molecule has 1 aliphatic rings. The van der Waals surface area contributed by atoms with Gasteiger partial charge in [-0.05, 0) is 48.6 Å². The van der Waals surface area contributed by atoms with Gasteiger partial charge in [0.2, 0.25) is 0 Å². The van der Waals surface area contributed by atoms with Crippen LogP contribution < -0.4 is 0 Å². The van der Waals surface area contributed by atoms with Crippen molar-refractivity contribution in [1.29, 1.82) is 0 Å². The Hall–Kier alpha value is -3.79. The van der Waals surface area contributed by atoms with Crippen LogP contribution in [0.1, 0.15) is 90.5 Å². The van der Waals surface area contributed by atoms with E-state index in [-0.39, 0.29) is 5.41 Å². The first-order chi connectivity index (χ1) is 17.2. The average Bonchev–Trinajstić information content (AvgIpc) is 3.49. The van der Waals surface area contributed by atoms with Crippen LogP contribution in [0.5, 0.6) is 0 Å². The van der Waals surface area contributed by atoms with Gasteiger partial charge in [0.15, 0.2) is 11.6 Å². The van der Waals surface area contributed by atoms with Gasteiger partial charge in [-0.15, -0.1) is 4.68 Å². The number of hydrogen-bond donors (Lipinski definition) is 0. The maximum Gasteiger partial charge on any atom is 0.299 e. The van der Waals surface area contributed by atoms with Crippen molar-refractivity contribution in [2.45, 2.75) is 84.0 Å². The maximum atomic E-state index is 7.94. The van der Waals surface area contributed by atoms with Gasteiger partial charge in [-0.1, -0.05) is 67.2 Å². The van der Waals surface area contributed by atoms with Crippen LogP contribution >= 0.6 is 0 Å². The van der Waals surface area contributed by atoms with Crippen molar-refractivity contribution in [1.82, 2.24) is 29.5 Å². The van der Waals surface area contributed by atoms with Crippen LogP contribution in [0.3, 0.4) is 0 Å². The van der Waals surface area contributed by atoms with Crippen LogP contribution in [-0.4, -0.2) is 29.5 Å². The average molecular weight is 494 g/mol. The molecule has 190 valence electrons. The summed E-state index contributed by atoms with van der Waals surface area (Å²) in [4.78, 5) is 13.9. The van der Waals surface area contributed by atoms with Gasteiger partial charge in [0.25, 0.3) is 5.82 Å². The standard InChI is InChI=1S/C30H35N7/c1-27(2,3)25-19-17-36(34-25)23-15-11-13-21(32-23)28(4,5)22-14-12-16-24(33-22)37-18-20(26(31-10)35-37)30(8,9)29(19,6)7/h11-18H,1-9H3. The third-order valence-electron chi connectivity index (χ3n) is 8.35. The highest BCUT2D eigenvalue weighted by molar-refractivity contribution is 5.53. The quantitative estimate of drug-likeness (QED) is 0.259. The zero-order valence-electron chi connectivity index (χ0n) is 23.2. The van der Waals surface area contributed by atoms with Crippen molar-refractivity contribution < 1.29 is 0 Å². The van der Waals surface area contributed by atoms with E-state index < -0.39 is 16.2 Å². The minimum Gasteiger partial charge on any atom is -0.359 e. The van der Waals surface area contributed by atoms with Gasteiger partial charge in [0.05, 0.1) is 17.1 Å². The molecule has 4 aromatic heterocycles. The zero-order chi connectivity index (χ0) is 27.0. The second-order valence-electron chi connectivity index (χ2n) is 12.6. The third kappa shape index (κ3) is 3.69. The molecule has 0 spiro atoms. The summed E-state index contributed by atoms with van der Waals surface area (Å²) in [6.07, 6.45) is 4.11. The van der Waals surface area contributed by atoms with E-state index >= 15 is 0 Å². The molecule has 0 amide bonds. The van der Waals surface area contributed by atoms with Crippen molar-refractivity contribution >= 4 is 5.82 Å². The topological polar surface area (TPSA) is 65.8 Å². The Morgan fingerprint density at radius 1 is 0.730 bits per heavy atom. The van der Waals surface area contributed by atoms with E-state index in [9.17, 15) is 0 Å². The fourth-order valence-corrected chi connectivity index (χ4v) is 5.11. The van der Waals surface area contributed by atoms with Gasteiger partial charge in [-0.25, -0.2) is 14.6 Å². The molecule has 0 N–H and O–H groups in total. The minimum absolute atomic E-state index is 0.190. The van der Waals surface area contributed by atoms with Crippen molar-refractivity contribution in [3.63, 3.8) is 0 Å². The number of hydrogen-bond acceptors (Lipinski definition) is 4. The first-order valence-corrected chi connectivity index (χ1v) is 12.7. The van der Waals surface area contributed by atoms with Gasteiger partial charge in [0.1, 0.15) is 0 Å². The normalized spacial score (nSPS) is 17.4. The van der Waals surface area contributed by atoms with Gasteiger partial charge in [-0.3, -0.25) is 0 Å². The Balaban J connectivity index is 1.91. The molecule has 0 unspecified atom stereocenters. The molecule has 0 fully saturated rings. The fourth-order valence-electron chi connectivity index (χ4n) is 5.11. The lowest BCUT2D eigenvalue weighted by molar-refractivity contribution is 0.298. The Morgan fingerprint density at radius 2 is 1.22 bits per heavy atom. The lowest BCUT2D eigenvalue weighted by Gasteiger charge is -2.43. The summed E-state index contributed by atoms with van der Waals surface area (Å²) in [6.45, 7) is 27.6. The van der Waals surface area contributed by atoms with Crippen LogP contribution in [-0.2, 0) is 21.7 Å². The van der Waals surface area contributed by atoms with E-state index in [0.29, 0.717) is 11.6 Å². The van der Waals surface area contributed by atoms with Crippen LogP contribution in [0.25, 0.3) is 16.5 Å². The summed E-state index contributed by atoms with van der Waals surface area (Å²) < 4.78 is 3.66. The molecule has 0 aliphatic carbocycles. The van der Waals surface area contributed by atoms with E-state index in [4.69, 9.17) is 26.7 Å². The lowest BCUT2D eigenvalue weighted by atomic mass is 9.60. The van der Waals surface area contributed by atoms with E-state index in [1.807, 2.05) is 47.3 Å². The van der Waals surface area contributed by atoms with E-state index in [1.165, 1.54) is 0 Å². The minimum atomic E-state index is -0.466. The van der Waals surface area contributed by atoms with Gasteiger partial charge < -0.3 is 4.85 Å². The molecule has 0 atom stereocenters. The largest absolute Gasteiger partial charge is 0.359 e. The summed E-state index contributed by atoms with van der Waals surface area (Å²) in [5.74, 6) is 1.85. The monoisotopic (exact) mass is 493 g/mol. The Kier molecular flexibility index (Phi) is 5.28. The molecule has 1 aliphatic heterocycles. The molecular weight excluding hydrogens is 458 g/mol. The fraction of sp³-hybridized carbons (Fsp3) is 0.433. The lowest BCUT2D eigenvalue weighted by Crippen LogP contribution is -2.41. The van der Waals surface area contributed by atoms with E-state index in [0.717, 1.165) is 34.0 Å². The molecular formula is C30H35N7. The number of nitrogens with zero attached hydrogens (tertiary/aromatic N) is 7. The summed E-state index contributed by atoms with van der Waals surface area (Å²) in [5.41, 5.74) is 3.32. The van der Waals surface area contributed by atoms with Crippen LogP contribution in [0, 0.1) is 6.57 Å². The first-order valence-electron chi connectivity index (χ1n) is 12.7. The van der Waals surface area contributed by atoms with Crippen molar-refractivity contribution in [3.05, 3.63) is 88.4 Å². The molecule has 0 saturated carbocycles. The van der Waals surface area contributed by atoms with E-state index in [1.54, 1.807) is 4.68 Å². The van der Waals surface area contributed by atoms with Crippen LogP contribution in [0.15, 0.2) is 48.8 Å².